The maximum Gasteiger partial charge on any atom is 0.204 e. The molecule has 1 N–H and O–H groups in total. The van der Waals surface area contributed by atoms with Gasteiger partial charge in [-0.2, -0.15) is 5.10 Å². The molecule has 2 aromatic rings. The third kappa shape index (κ3) is 3.13. The van der Waals surface area contributed by atoms with Crippen LogP contribution in [0.5, 0.6) is 5.75 Å². The van der Waals surface area contributed by atoms with E-state index < -0.39 is 0 Å². The van der Waals surface area contributed by atoms with E-state index >= 15 is 0 Å². The number of hydrogen-bond donors (Lipinski definition) is 1. The molecule has 5 nitrogen and oxygen atoms in total. The lowest BCUT2D eigenvalue weighted by atomic mass is 10.2. The van der Waals surface area contributed by atoms with E-state index in [0.29, 0.717) is 18.3 Å². The fraction of sp³-hybridized carbons (Fsp3) is 0.375. The number of methoxy groups -OCH3 is 1. The third-order valence-corrected chi connectivity index (χ3v) is 3.61. The van der Waals surface area contributed by atoms with E-state index in [1.54, 1.807) is 17.9 Å². The molecule has 0 radical (unpaired) electrons. The quantitative estimate of drug-likeness (QED) is 0.910. The Kier molecular flexibility index (Phi) is 3.75. The van der Waals surface area contributed by atoms with Crippen LogP contribution in [0.1, 0.15) is 24.2 Å². The summed E-state index contributed by atoms with van der Waals surface area (Å²) < 4.78 is 7.03. The van der Waals surface area contributed by atoms with E-state index in [-0.39, 0.29) is 5.43 Å². The van der Waals surface area contributed by atoms with Crippen LogP contribution in [0.15, 0.2) is 35.1 Å². The van der Waals surface area contributed by atoms with Gasteiger partial charge in [-0.3, -0.25) is 4.79 Å². The standard InChI is InChI=1S/C16H19N3O2/c1-11-8-16(20)15(10-17-12-6-7-12)18-19(11)13-4-3-5-14(9-13)21-2/h3-5,8-9,12,17H,6-7,10H2,1-2H3. The summed E-state index contributed by atoms with van der Waals surface area (Å²) >= 11 is 0. The lowest BCUT2D eigenvalue weighted by molar-refractivity contribution is 0.414. The Morgan fingerprint density at radius 2 is 2.19 bits per heavy atom. The van der Waals surface area contributed by atoms with Gasteiger partial charge < -0.3 is 10.1 Å². The molecule has 110 valence electrons. The van der Waals surface area contributed by atoms with E-state index in [1.807, 2.05) is 31.2 Å². The molecule has 1 heterocycles. The number of benzene rings is 1. The number of ether oxygens (including phenoxy) is 1. The van der Waals surface area contributed by atoms with Gasteiger partial charge in [-0.25, -0.2) is 4.68 Å². The van der Waals surface area contributed by atoms with Crippen molar-refractivity contribution in [3.8, 4) is 11.4 Å². The van der Waals surface area contributed by atoms with Gasteiger partial charge in [0.1, 0.15) is 11.4 Å². The normalized spacial score (nSPS) is 14.2. The molecule has 0 unspecified atom stereocenters. The van der Waals surface area contributed by atoms with Crippen LogP contribution in [0, 0.1) is 6.92 Å². The summed E-state index contributed by atoms with van der Waals surface area (Å²) in [6, 6.07) is 9.84. The van der Waals surface area contributed by atoms with E-state index in [4.69, 9.17) is 4.74 Å². The summed E-state index contributed by atoms with van der Waals surface area (Å²) in [7, 11) is 1.63. The first-order valence-electron chi connectivity index (χ1n) is 7.15. The number of rotatable bonds is 5. The minimum atomic E-state index is -0.0141. The molecular weight excluding hydrogens is 266 g/mol. The second kappa shape index (κ2) is 5.69. The summed E-state index contributed by atoms with van der Waals surface area (Å²) in [4.78, 5) is 12.0. The summed E-state index contributed by atoms with van der Waals surface area (Å²) in [5.74, 6) is 0.769. The van der Waals surface area contributed by atoms with Crippen LogP contribution in [0.3, 0.4) is 0 Å². The van der Waals surface area contributed by atoms with Gasteiger partial charge in [0.15, 0.2) is 0 Å². The molecule has 0 aliphatic heterocycles. The highest BCUT2D eigenvalue weighted by molar-refractivity contribution is 5.39. The van der Waals surface area contributed by atoms with Crippen molar-refractivity contribution in [3.05, 3.63) is 51.9 Å². The zero-order valence-electron chi connectivity index (χ0n) is 12.3. The van der Waals surface area contributed by atoms with E-state index in [1.165, 1.54) is 12.8 Å². The molecule has 1 aliphatic rings. The molecule has 5 heteroatoms. The van der Waals surface area contributed by atoms with Crippen LogP contribution in [-0.4, -0.2) is 22.9 Å². The van der Waals surface area contributed by atoms with Crippen molar-refractivity contribution >= 4 is 0 Å². The minimum Gasteiger partial charge on any atom is -0.497 e. The molecule has 1 aromatic heterocycles. The predicted molar refractivity (Wildman–Crippen MR) is 81.0 cm³/mol. The first-order chi connectivity index (χ1) is 10.2. The second-order valence-electron chi connectivity index (χ2n) is 5.37. The fourth-order valence-electron chi connectivity index (χ4n) is 2.24. The van der Waals surface area contributed by atoms with Crippen LogP contribution in [-0.2, 0) is 6.54 Å². The number of nitrogens with one attached hydrogen (secondary N) is 1. The second-order valence-corrected chi connectivity index (χ2v) is 5.37. The van der Waals surface area contributed by atoms with Crippen LogP contribution >= 0.6 is 0 Å². The highest BCUT2D eigenvalue weighted by Gasteiger charge is 2.21. The molecule has 0 amide bonds. The monoisotopic (exact) mass is 285 g/mol. The topological polar surface area (TPSA) is 56.1 Å². The summed E-state index contributed by atoms with van der Waals surface area (Å²) in [6.45, 7) is 2.40. The maximum absolute atomic E-state index is 12.0. The average molecular weight is 285 g/mol. The zero-order chi connectivity index (χ0) is 14.8. The van der Waals surface area contributed by atoms with Gasteiger partial charge in [-0.05, 0) is 31.9 Å². The van der Waals surface area contributed by atoms with Gasteiger partial charge in [0.25, 0.3) is 0 Å². The van der Waals surface area contributed by atoms with Crippen LogP contribution < -0.4 is 15.5 Å². The SMILES string of the molecule is COc1cccc(-n2nc(CNC3CC3)c(=O)cc2C)c1. The Labute approximate surface area is 123 Å². The smallest absolute Gasteiger partial charge is 0.204 e. The van der Waals surface area contributed by atoms with Crippen molar-refractivity contribution in [1.29, 1.82) is 0 Å². The molecule has 21 heavy (non-hydrogen) atoms. The Balaban J connectivity index is 1.95. The van der Waals surface area contributed by atoms with Gasteiger partial charge in [-0.1, -0.05) is 6.07 Å². The summed E-state index contributed by atoms with van der Waals surface area (Å²) in [6.07, 6.45) is 2.38. The molecule has 0 bridgehead atoms. The molecule has 1 aromatic carbocycles. The van der Waals surface area contributed by atoms with Crippen molar-refractivity contribution in [1.82, 2.24) is 15.1 Å². The number of aryl methyl sites for hydroxylation is 1. The minimum absolute atomic E-state index is 0.0141. The van der Waals surface area contributed by atoms with Crippen molar-refractivity contribution in [2.45, 2.75) is 32.4 Å². The van der Waals surface area contributed by atoms with E-state index in [0.717, 1.165) is 17.1 Å². The molecule has 1 aliphatic carbocycles. The first-order valence-corrected chi connectivity index (χ1v) is 7.15. The third-order valence-electron chi connectivity index (χ3n) is 3.61. The molecule has 1 saturated carbocycles. The fourth-order valence-corrected chi connectivity index (χ4v) is 2.24. The average Bonchev–Trinajstić information content (AvgIpc) is 3.30. The van der Waals surface area contributed by atoms with Gasteiger partial charge in [0.05, 0.1) is 12.8 Å². The van der Waals surface area contributed by atoms with E-state index in [2.05, 4.69) is 10.4 Å². The Hall–Kier alpha value is -2.14. The van der Waals surface area contributed by atoms with Crippen molar-refractivity contribution in [3.63, 3.8) is 0 Å². The molecule has 0 atom stereocenters. The highest BCUT2D eigenvalue weighted by atomic mass is 16.5. The van der Waals surface area contributed by atoms with Crippen molar-refractivity contribution < 1.29 is 4.74 Å². The number of nitrogens with zero attached hydrogens (tertiary/aromatic N) is 2. The lowest BCUT2D eigenvalue weighted by Gasteiger charge is -2.12. The molecule has 0 spiro atoms. The van der Waals surface area contributed by atoms with Gasteiger partial charge in [0.2, 0.25) is 5.43 Å². The van der Waals surface area contributed by atoms with Crippen LogP contribution in [0.2, 0.25) is 0 Å². The Morgan fingerprint density at radius 1 is 1.38 bits per heavy atom. The number of hydrogen-bond acceptors (Lipinski definition) is 4. The Morgan fingerprint density at radius 3 is 2.90 bits per heavy atom. The lowest BCUT2D eigenvalue weighted by Crippen LogP contribution is -2.25. The maximum atomic E-state index is 12.0. The van der Waals surface area contributed by atoms with Crippen molar-refractivity contribution in [2.24, 2.45) is 0 Å². The predicted octanol–water partition coefficient (Wildman–Crippen LogP) is 1.80. The molecule has 0 saturated heterocycles. The largest absolute Gasteiger partial charge is 0.497 e. The van der Waals surface area contributed by atoms with Gasteiger partial charge in [0, 0.05) is 30.4 Å². The molecular formula is C16H19N3O2. The van der Waals surface area contributed by atoms with E-state index in [9.17, 15) is 4.79 Å². The summed E-state index contributed by atoms with van der Waals surface area (Å²) in [5.41, 5.74) is 2.23. The molecule has 1 fully saturated rings. The highest BCUT2D eigenvalue weighted by Crippen LogP contribution is 2.19. The van der Waals surface area contributed by atoms with Gasteiger partial charge >= 0.3 is 0 Å². The summed E-state index contributed by atoms with van der Waals surface area (Å²) in [5, 5.41) is 7.84. The first kappa shape index (κ1) is 13.8. The van der Waals surface area contributed by atoms with Crippen molar-refractivity contribution in [2.75, 3.05) is 7.11 Å². The Bertz CT molecular complexity index is 705. The molecule has 3 rings (SSSR count). The van der Waals surface area contributed by atoms with Gasteiger partial charge in [-0.15, -0.1) is 0 Å². The number of aromatic nitrogens is 2. The zero-order valence-corrected chi connectivity index (χ0v) is 12.3. The van der Waals surface area contributed by atoms with Crippen LogP contribution in [0.25, 0.3) is 5.69 Å². The van der Waals surface area contributed by atoms with Crippen LogP contribution in [0.4, 0.5) is 0 Å².